The van der Waals surface area contributed by atoms with Crippen molar-refractivity contribution in [1.29, 1.82) is 0 Å². The number of likely N-dealkylation sites (tertiary alicyclic amines) is 1. The highest BCUT2D eigenvalue weighted by molar-refractivity contribution is 6.43. The molecule has 27 heavy (non-hydrogen) atoms. The van der Waals surface area contributed by atoms with Crippen molar-refractivity contribution in [3.05, 3.63) is 51.5 Å². The monoisotopic (exact) mass is 402 g/mol. The molecular formula is C21H20Cl2N2O2. The van der Waals surface area contributed by atoms with Crippen LogP contribution in [0.5, 0.6) is 0 Å². The number of carbonyl (C=O) groups is 1. The van der Waals surface area contributed by atoms with E-state index < -0.39 is 6.09 Å². The molecule has 0 aromatic heterocycles. The molecule has 4 nitrogen and oxygen atoms in total. The third kappa shape index (κ3) is 2.61. The van der Waals surface area contributed by atoms with E-state index in [1.807, 2.05) is 12.1 Å². The second kappa shape index (κ2) is 6.32. The van der Waals surface area contributed by atoms with Gasteiger partial charge in [-0.1, -0.05) is 35.3 Å². The lowest BCUT2D eigenvalue weighted by Crippen LogP contribution is -2.48. The third-order valence-electron chi connectivity index (χ3n) is 6.26. The van der Waals surface area contributed by atoms with E-state index in [4.69, 9.17) is 23.2 Å². The van der Waals surface area contributed by atoms with Gasteiger partial charge >= 0.3 is 6.09 Å². The van der Waals surface area contributed by atoms with E-state index in [1.165, 1.54) is 16.8 Å². The van der Waals surface area contributed by atoms with Crippen LogP contribution in [0.15, 0.2) is 30.3 Å². The smallest absolute Gasteiger partial charge is 0.407 e. The van der Waals surface area contributed by atoms with Crippen LogP contribution in [0.1, 0.15) is 29.9 Å². The Labute approximate surface area is 168 Å². The van der Waals surface area contributed by atoms with Gasteiger partial charge in [0.15, 0.2) is 0 Å². The molecule has 2 aromatic carbocycles. The first kappa shape index (κ1) is 17.2. The maximum absolute atomic E-state index is 11.5. The number of piperidine rings is 1. The molecule has 140 valence electrons. The number of anilines is 1. The van der Waals surface area contributed by atoms with Gasteiger partial charge in [0.1, 0.15) is 0 Å². The largest absolute Gasteiger partial charge is 0.465 e. The summed E-state index contributed by atoms with van der Waals surface area (Å²) in [6.07, 6.45) is 2.24. The maximum Gasteiger partial charge on any atom is 0.407 e. The average molecular weight is 403 g/mol. The van der Waals surface area contributed by atoms with Gasteiger partial charge in [0.2, 0.25) is 0 Å². The molecule has 0 bridgehead atoms. The fraction of sp³-hybridized carbons (Fsp3) is 0.381. The molecular weight excluding hydrogens is 383 g/mol. The Hall–Kier alpha value is -1.91. The number of benzene rings is 2. The van der Waals surface area contributed by atoms with E-state index in [0.717, 1.165) is 36.9 Å². The lowest BCUT2D eigenvalue weighted by atomic mass is 9.87. The van der Waals surface area contributed by atoms with Crippen molar-refractivity contribution >= 4 is 35.0 Å². The predicted molar refractivity (Wildman–Crippen MR) is 108 cm³/mol. The highest BCUT2D eigenvalue weighted by Crippen LogP contribution is 2.50. The molecule has 3 aliphatic heterocycles. The van der Waals surface area contributed by atoms with Crippen LogP contribution in [-0.2, 0) is 6.42 Å². The lowest BCUT2D eigenvalue weighted by Gasteiger charge is -2.39. The Bertz CT molecular complexity index is 946. The summed E-state index contributed by atoms with van der Waals surface area (Å²) in [6.45, 7) is 2.24. The number of rotatable bonds is 1. The van der Waals surface area contributed by atoms with Crippen LogP contribution in [0, 0.1) is 0 Å². The van der Waals surface area contributed by atoms with E-state index in [2.05, 4.69) is 17.0 Å². The van der Waals surface area contributed by atoms with E-state index in [9.17, 15) is 9.90 Å². The molecule has 0 aliphatic carbocycles. The summed E-state index contributed by atoms with van der Waals surface area (Å²) in [5, 5.41) is 10.6. The number of hydrogen-bond acceptors (Lipinski definition) is 2. The van der Waals surface area contributed by atoms with E-state index in [1.54, 1.807) is 11.0 Å². The number of nitrogens with zero attached hydrogens (tertiary/aromatic N) is 2. The Morgan fingerprint density at radius 2 is 2.04 bits per heavy atom. The highest BCUT2D eigenvalue weighted by atomic mass is 35.5. The van der Waals surface area contributed by atoms with Gasteiger partial charge in [0.05, 0.1) is 10.0 Å². The number of hydrogen-bond donors (Lipinski definition) is 1. The normalized spacial score (nSPS) is 23.2. The van der Waals surface area contributed by atoms with Crippen LogP contribution in [0.4, 0.5) is 10.5 Å². The van der Waals surface area contributed by atoms with E-state index >= 15 is 0 Å². The van der Waals surface area contributed by atoms with Crippen molar-refractivity contribution in [2.75, 3.05) is 24.5 Å². The SMILES string of the molecule is O=C(O)N1CCC2C(C1)c1cc(-c3cccc(Cl)c3Cl)cc3c1N2CCC3. The van der Waals surface area contributed by atoms with Crippen LogP contribution < -0.4 is 4.90 Å². The van der Waals surface area contributed by atoms with Crippen LogP contribution >= 0.6 is 23.2 Å². The van der Waals surface area contributed by atoms with Gasteiger partial charge < -0.3 is 14.9 Å². The van der Waals surface area contributed by atoms with Gasteiger partial charge in [0.25, 0.3) is 0 Å². The number of carboxylic acid groups (broad SMARTS) is 1. The molecule has 1 fully saturated rings. The van der Waals surface area contributed by atoms with Gasteiger partial charge in [-0.15, -0.1) is 0 Å². The molecule has 2 unspecified atom stereocenters. The zero-order valence-corrected chi connectivity index (χ0v) is 16.3. The number of aryl methyl sites for hydroxylation is 1. The van der Waals surface area contributed by atoms with Crippen molar-refractivity contribution in [3.63, 3.8) is 0 Å². The molecule has 1 saturated heterocycles. The molecule has 0 saturated carbocycles. The summed E-state index contributed by atoms with van der Waals surface area (Å²) in [6, 6.07) is 10.6. The fourth-order valence-corrected chi connectivity index (χ4v) is 5.51. The molecule has 2 atom stereocenters. The van der Waals surface area contributed by atoms with Crippen LogP contribution in [-0.4, -0.2) is 41.8 Å². The van der Waals surface area contributed by atoms with Crippen molar-refractivity contribution < 1.29 is 9.90 Å². The van der Waals surface area contributed by atoms with Crippen LogP contribution in [0.3, 0.4) is 0 Å². The fourth-order valence-electron chi connectivity index (χ4n) is 5.10. The van der Waals surface area contributed by atoms with E-state index in [-0.39, 0.29) is 5.92 Å². The van der Waals surface area contributed by atoms with Crippen LogP contribution in [0.2, 0.25) is 10.0 Å². The zero-order valence-electron chi connectivity index (χ0n) is 14.8. The molecule has 6 heteroatoms. The van der Waals surface area contributed by atoms with Crippen molar-refractivity contribution in [3.8, 4) is 11.1 Å². The topological polar surface area (TPSA) is 43.8 Å². The minimum absolute atomic E-state index is 0.222. The summed E-state index contributed by atoms with van der Waals surface area (Å²) in [4.78, 5) is 15.6. The average Bonchev–Trinajstić information content (AvgIpc) is 2.99. The number of amides is 1. The van der Waals surface area contributed by atoms with Gasteiger partial charge in [-0.3, -0.25) is 0 Å². The molecule has 0 radical (unpaired) electrons. The molecule has 3 aliphatic rings. The quantitative estimate of drug-likeness (QED) is 0.706. The molecule has 0 spiro atoms. The van der Waals surface area contributed by atoms with Gasteiger partial charge in [-0.2, -0.15) is 0 Å². The maximum atomic E-state index is 11.5. The standard InChI is InChI=1S/C21H20Cl2N2O2/c22-17-5-1-4-14(19(17)23)13-9-12-3-2-7-25-18-6-8-24(21(26)27)11-16(18)15(10-13)20(12)25/h1,4-5,9-10,16,18H,2-3,6-8,11H2,(H,26,27). The minimum Gasteiger partial charge on any atom is -0.465 e. The second-order valence-electron chi connectivity index (χ2n) is 7.66. The summed E-state index contributed by atoms with van der Waals surface area (Å²) in [5.41, 5.74) is 5.97. The second-order valence-corrected chi connectivity index (χ2v) is 8.45. The van der Waals surface area contributed by atoms with Crippen molar-refractivity contribution in [2.24, 2.45) is 0 Å². The Morgan fingerprint density at radius 3 is 2.85 bits per heavy atom. The summed E-state index contributed by atoms with van der Waals surface area (Å²) >= 11 is 12.7. The first-order valence-electron chi connectivity index (χ1n) is 9.40. The highest BCUT2D eigenvalue weighted by Gasteiger charge is 2.44. The Balaban J connectivity index is 1.65. The van der Waals surface area contributed by atoms with Crippen molar-refractivity contribution in [2.45, 2.75) is 31.2 Å². The van der Waals surface area contributed by atoms with Gasteiger partial charge in [-0.25, -0.2) is 4.79 Å². The summed E-state index contributed by atoms with van der Waals surface area (Å²) in [5.74, 6) is 0.222. The summed E-state index contributed by atoms with van der Waals surface area (Å²) < 4.78 is 0. The molecule has 1 amide bonds. The number of fused-ring (bicyclic) bond motifs is 3. The molecule has 3 heterocycles. The predicted octanol–water partition coefficient (Wildman–Crippen LogP) is 5.26. The van der Waals surface area contributed by atoms with Gasteiger partial charge in [0, 0.05) is 42.8 Å². The first-order valence-corrected chi connectivity index (χ1v) is 10.2. The molecule has 1 N–H and O–H groups in total. The van der Waals surface area contributed by atoms with Crippen molar-refractivity contribution in [1.82, 2.24) is 4.90 Å². The van der Waals surface area contributed by atoms with Gasteiger partial charge in [-0.05, 0) is 54.2 Å². The lowest BCUT2D eigenvalue weighted by molar-refractivity contribution is 0.127. The summed E-state index contributed by atoms with van der Waals surface area (Å²) in [7, 11) is 0. The zero-order chi connectivity index (χ0) is 18.7. The number of halogens is 2. The first-order chi connectivity index (χ1) is 13.0. The Kier molecular flexibility index (Phi) is 4.03. The molecule has 5 rings (SSSR count). The van der Waals surface area contributed by atoms with E-state index in [0.29, 0.717) is 29.2 Å². The molecule has 2 aromatic rings. The third-order valence-corrected chi connectivity index (χ3v) is 7.08. The van der Waals surface area contributed by atoms with Crippen LogP contribution in [0.25, 0.3) is 11.1 Å². The Morgan fingerprint density at radius 1 is 1.19 bits per heavy atom. The minimum atomic E-state index is -0.822.